The van der Waals surface area contributed by atoms with Crippen molar-refractivity contribution in [2.24, 2.45) is 0 Å². The van der Waals surface area contributed by atoms with Crippen molar-refractivity contribution in [3.63, 3.8) is 0 Å². The lowest BCUT2D eigenvalue weighted by Gasteiger charge is -2.22. The number of hydrogen-bond donors (Lipinski definition) is 0. The van der Waals surface area contributed by atoms with Crippen LogP contribution in [0.3, 0.4) is 0 Å². The zero-order valence-electron chi connectivity index (χ0n) is 11.8. The molecule has 0 bridgehead atoms. The molecule has 3 heteroatoms. The summed E-state index contributed by atoms with van der Waals surface area (Å²) in [6.07, 6.45) is 0. The highest BCUT2D eigenvalue weighted by Gasteiger charge is 2.12. The Morgan fingerprint density at radius 3 is 2.48 bits per heavy atom. The average molecular weight is 273 g/mol. The van der Waals surface area contributed by atoms with Crippen LogP contribution >= 0.6 is 0 Å². The smallest absolute Gasteiger partial charge is 0.135 e. The van der Waals surface area contributed by atoms with Gasteiger partial charge in [-0.05, 0) is 31.2 Å². The molecule has 0 atom stereocenters. The molecule has 0 radical (unpaired) electrons. The zero-order chi connectivity index (χ0) is 14.7. The first-order chi connectivity index (χ1) is 10.3. The monoisotopic (exact) mass is 273 g/mol. The van der Waals surface area contributed by atoms with E-state index < -0.39 is 0 Å². The van der Waals surface area contributed by atoms with Gasteiger partial charge in [0.25, 0.3) is 0 Å². The Balaban J connectivity index is 2.18. The van der Waals surface area contributed by atoms with Crippen LogP contribution < -0.4 is 4.90 Å². The predicted molar refractivity (Wildman–Crippen MR) is 85.6 cm³/mol. The fourth-order valence-corrected chi connectivity index (χ4v) is 2.48. The molecule has 0 aliphatic heterocycles. The number of benzene rings is 2. The second-order valence-electron chi connectivity index (χ2n) is 4.74. The van der Waals surface area contributed by atoms with Gasteiger partial charge in [-0.1, -0.05) is 36.4 Å². The predicted octanol–water partition coefficient (Wildman–Crippen LogP) is 4.26. The summed E-state index contributed by atoms with van der Waals surface area (Å²) in [5, 5.41) is 10.3. The summed E-state index contributed by atoms with van der Waals surface area (Å²) in [6, 6.07) is 22.0. The highest BCUT2D eigenvalue weighted by molar-refractivity contribution is 5.87. The summed E-state index contributed by atoms with van der Waals surface area (Å²) in [4.78, 5) is 6.81. The molecule has 1 aromatic heterocycles. The van der Waals surface area contributed by atoms with Crippen LogP contribution in [0.25, 0.3) is 10.9 Å². The van der Waals surface area contributed by atoms with Gasteiger partial charge in [-0.2, -0.15) is 5.26 Å². The van der Waals surface area contributed by atoms with Crippen molar-refractivity contribution < 1.29 is 0 Å². The van der Waals surface area contributed by atoms with Crippen LogP contribution in [0, 0.1) is 11.3 Å². The first-order valence-corrected chi connectivity index (χ1v) is 6.96. The minimum atomic E-state index is 0.657. The molecule has 0 aliphatic carbocycles. The first-order valence-electron chi connectivity index (χ1n) is 6.96. The molecule has 0 N–H and O–H groups in total. The van der Waals surface area contributed by atoms with Crippen LogP contribution in [0.4, 0.5) is 11.5 Å². The summed E-state index contributed by atoms with van der Waals surface area (Å²) in [6.45, 7) is 2.87. The van der Waals surface area contributed by atoms with Crippen molar-refractivity contribution in [3.8, 4) is 6.07 Å². The minimum Gasteiger partial charge on any atom is -0.327 e. The number of nitrogens with zero attached hydrogens (tertiary/aromatic N) is 3. The second-order valence-corrected chi connectivity index (χ2v) is 4.74. The van der Waals surface area contributed by atoms with Gasteiger partial charge in [0, 0.05) is 17.6 Å². The van der Waals surface area contributed by atoms with Crippen molar-refractivity contribution in [1.82, 2.24) is 4.98 Å². The normalized spacial score (nSPS) is 10.3. The molecule has 2 aromatic carbocycles. The van der Waals surface area contributed by atoms with E-state index in [2.05, 4.69) is 17.9 Å². The number of nitriles is 1. The maximum Gasteiger partial charge on any atom is 0.135 e. The second kappa shape index (κ2) is 5.64. The fourth-order valence-electron chi connectivity index (χ4n) is 2.48. The maximum absolute atomic E-state index is 9.39. The summed E-state index contributed by atoms with van der Waals surface area (Å²) in [5.41, 5.74) is 2.58. The number of rotatable bonds is 3. The molecule has 1 heterocycles. The maximum atomic E-state index is 9.39. The molecule has 0 fully saturated rings. The molecule has 21 heavy (non-hydrogen) atoms. The topological polar surface area (TPSA) is 39.9 Å². The van der Waals surface area contributed by atoms with Crippen molar-refractivity contribution in [1.29, 1.82) is 5.26 Å². The molecule has 0 aliphatic rings. The molecule has 3 aromatic rings. The molecule has 0 unspecified atom stereocenters. The molecule has 0 spiro atoms. The molecular weight excluding hydrogens is 258 g/mol. The van der Waals surface area contributed by atoms with Gasteiger partial charge in [-0.15, -0.1) is 0 Å². The standard InChI is InChI=1S/C18H15N3/c1-2-21(15-8-4-3-5-9-15)18-12-14(13-19)16-10-6-7-11-17(16)20-18/h3-12H,2H2,1H3. The summed E-state index contributed by atoms with van der Waals surface area (Å²) >= 11 is 0. The zero-order valence-corrected chi connectivity index (χ0v) is 11.8. The number of anilines is 2. The van der Waals surface area contributed by atoms with E-state index in [1.807, 2.05) is 60.7 Å². The molecule has 0 amide bonds. The third kappa shape index (κ3) is 2.44. The van der Waals surface area contributed by atoms with E-state index in [-0.39, 0.29) is 0 Å². The number of pyridine rings is 1. The van der Waals surface area contributed by atoms with E-state index in [4.69, 9.17) is 4.98 Å². The lowest BCUT2D eigenvalue weighted by molar-refractivity contribution is 0.996. The Morgan fingerprint density at radius 2 is 1.76 bits per heavy atom. The van der Waals surface area contributed by atoms with E-state index >= 15 is 0 Å². The number of aromatic nitrogens is 1. The van der Waals surface area contributed by atoms with E-state index in [0.717, 1.165) is 29.0 Å². The van der Waals surface area contributed by atoms with Crippen molar-refractivity contribution in [2.75, 3.05) is 11.4 Å². The Morgan fingerprint density at radius 1 is 1.05 bits per heavy atom. The van der Waals surface area contributed by atoms with Gasteiger partial charge in [0.15, 0.2) is 0 Å². The molecule has 0 saturated carbocycles. The number of hydrogen-bond acceptors (Lipinski definition) is 3. The van der Waals surface area contributed by atoms with Gasteiger partial charge in [0.05, 0.1) is 17.1 Å². The molecule has 3 rings (SSSR count). The van der Waals surface area contributed by atoms with Crippen LogP contribution in [0.5, 0.6) is 0 Å². The third-order valence-electron chi connectivity index (χ3n) is 3.48. The number of para-hydroxylation sites is 2. The highest BCUT2D eigenvalue weighted by atomic mass is 15.2. The van der Waals surface area contributed by atoms with Gasteiger partial charge in [0.1, 0.15) is 5.82 Å². The van der Waals surface area contributed by atoms with Gasteiger partial charge in [-0.25, -0.2) is 4.98 Å². The van der Waals surface area contributed by atoms with Crippen molar-refractivity contribution in [2.45, 2.75) is 6.92 Å². The average Bonchev–Trinajstić information content (AvgIpc) is 2.56. The Kier molecular flexibility index (Phi) is 3.53. The molecule has 0 saturated heterocycles. The molecule has 3 nitrogen and oxygen atoms in total. The van der Waals surface area contributed by atoms with Crippen LogP contribution in [-0.2, 0) is 0 Å². The minimum absolute atomic E-state index is 0.657. The van der Waals surface area contributed by atoms with Crippen LogP contribution in [0.15, 0.2) is 60.7 Å². The summed E-state index contributed by atoms with van der Waals surface area (Å²) in [7, 11) is 0. The van der Waals surface area contributed by atoms with E-state index in [1.165, 1.54) is 0 Å². The molecule has 102 valence electrons. The summed E-state index contributed by atoms with van der Waals surface area (Å²) in [5.74, 6) is 0.805. The lowest BCUT2D eigenvalue weighted by atomic mass is 10.1. The fraction of sp³-hybridized carbons (Fsp3) is 0.111. The first kappa shape index (κ1) is 13.1. The largest absolute Gasteiger partial charge is 0.327 e. The van der Waals surface area contributed by atoms with Gasteiger partial charge >= 0.3 is 0 Å². The van der Waals surface area contributed by atoms with Crippen LogP contribution in [-0.4, -0.2) is 11.5 Å². The van der Waals surface area contributed by atoms with Gasteiger partial charge < -0.3 is 4.90 Å². The number of fused-ring (bicyclic) bond motifs is 1. The van der Waals surface area contributed by atoms with Gasteiger partial charge in [0.2, 0.25) is 0 Å². The lowest BCUT2D eigenvalue weighted by Crippen LogP contribution is -2.17. The van der Waals surface area contributed by atoms with Gasteiger partial charge in [-0.3, -0.25) is 0 Å². The Hall–Kier alpha value is -2.86. The van der Waals surface area contributed by atoms with Crippen LogP contribution in [0.2, 0.25) is 0 Å². The van der Waals surface area contributed by atoms with Crippen molar-refractivity contribution >= 4 is 22.4 Å². The molecular formula is C18H15N3. The van der Waals surface area contributed by atoms with Crippen molar-refractivity contribution in [3.05, 3.63) is 66.2 Å². The SMILES string of the molecule is CCN(c1ccccc1)c1cc(C#N)c2ccccc2n1. The third-order valence-corrected chi connectivity index (χ3v) is 3.48. The van der Waals surface area contributed by atoms with Crippen LogP contribution in [0.1, 0.15) is 12.5 Å². The highest BCUT2D eigenvalue weighted by Crippen LogP contribution is 2.27. The summed E-state index contributed by atoms with van der Waals surface area (Å²) < 4.78 is 0. The quantitative estimate of drug-likeness (QED) is 0.715. The van der Waals surface area contributed by atoms with E-state index in [1.54, 1.807) is 0 Å². The van der Waals surface area contributed by atoms with E-state index in [0.29, 0.717) is 5.56 Å². The Bertz CT molecular complexity index is 804. The van der Waals surface area contributed by atoms with E-state index in [9.17, 15) is 5.26 Å². The Labute approximate surface area is 124 Å².